The van der Waals surface area contributed by atoms with E-state index in [-0.39, 0.29) is 0 Å². The van der Waals surface area contributed by atoms with Crippen LogP contribution in [0.15, 0.2) is 42.7 Å². The molecule has 1 saturated heterocycles. The van der Waals surface area contributed by atoms with Crippen molar-refractivity contribution in [1.29, 1.82) is 0 Å². The van der Waals surface area contributed by atoms with Gasteiger partial charge in [0.05, 0.1) is 24.2 Å². The molecule has 0 radical (unpaired) electrons. The lowest BCUT2D eigenvalue weighted by Gasteiger charge is -2.11. The molecule has 1 aliphatic rings. The summed E-state index contributed by atoms with van der Waals surface area (Å²) in [6, 6.07) is 10.1. The van der Waals surface area contributed by atoms with E-state index in [1.54, 1.807) is 12.4 Å². The van der Waals surface area contributed by atoms with Crippen molar-refractivity contribution in [3.05, 3.63) is 42.7 Å². The van der Waals surface area contributed by atoms with E-state index in [0.29, 0.717) is 6.10 Å². The molecule has 1 atom stereocenters. The van der Waals surface area contributed by atoms with Crippen LogP contribution in [0.2, 0.25) is 0 Å². The molecule has 0 spiro atoms. The van der Waals surface area contributed by atoms with Gasteiger partial charge in [0.25, 0.3) is 0 Å². The van der Waals surface area contributed by atoms with E-state index in [9.17, 15) is 0 Å². The molecule has 0 amide bonds. The van der Waals surface area contributed by atoms with Crippen LogP contribution in [0.5, 0.6) is 0 Å². The lowest BCUT2D eigenvalue weighted by molar-refractivity contribution is 0.120. The zero-order chi connectivity index (χ0) is 12.9. The first-order valence-corrected chi connectivity index (χ1v) is 6.65. The first-order valence-electron chi connectivity index (χ1n) is 6.65. The normalized spacial score (nSPS) is 18.4. The van der Waals surface area contributed by atoms with Gasteiger partial charge in [0, 0.05) is 18.7 Å². The largest absolute Gasteiger partial charge is 0.376 e. The molecule has 0 bridgehead atoms. The standard InChI is InChI=1S/C15H17N3O/c1-2-5-12(6-3-1)14-10-18-15(11-16-14)17-9-13-7-4-8-19-13/h1-3,5-6,10-11,13H,4,7-9H2,(H,17,18)/t13-/m0/s1. The zero-order valence-electron chi connectivity index (χ0n) is 10.7. The highest BCUT2D eigenvalue weighted by Gasteiger charge is 2.14. The number of hydrogen-bond acceptors (Lipinski definition) is 4. The Labute approximate surface area is 112 Å². The maximum atomic E-state index is 5.56. The molecule has 3 rings (SSSR count). The summed E-state index contributed by atoms with van der Waals surface area (Å²) in [5, 5.41) is 3.27. The molecule has 2 aromatic rings. The van der Waals surface area contributed by atoms with Crippen LogP contribution in [0.3, 0.4) is 0 Å². The number of nitrogens with one attached hydrogen (secondary N) is 1. The number of ether oxygens (including phenoxy) is 1. The molecule has 4 heteroatoms. The van der Waals surface area contributed by atoms with Crippen LogP contribution in [-0.2, 0) is 4.74 Å². The third-order valence-electron chi connectivity index (χ3n) is 3.26. The number of hydrogen-bond donors (Lipinski definition) is 1. The van der Waals surface area contributed by atoms with E-state index < -0.39 is 0 Å². The molecule has 1 aliphatic heterocycles. The smallest absolute Gasteiger partial charge is 0.144 e. The number of aromatic nitrogens is 2. The van der Waals surface area contributed by atoms with Crippen molar-refractivity contribution in [3.63, 3.8) is 0 Å². The van der Waals surface area contributed by atoms with Gasteiger partial charge >= 0.3 is 0 Å². The Hall–Kier alpha value is -1.94. The maximum Gasteiger partial charge on any atom is 0.144 e. The molecule has 98 valence electrons. The first-order chi connectivity index (χ1) is 9.42. The molecule has 4 nitrogen and oxygen atoms in total. The van der Waals surface area contributed by atoms with Crippen LogP contribution in [-0.4, -0.2) is 29.2 Å². The Morgan fingerprint density at radius 2 is 2.05 bits per heavy atom. The van der Waals surface area contributed by atoms with Crippen molar-refractivity contribution in [3.8, 4) is 11.3 Å². The summed E-state index contributed by atoms with van der Waals surface area (Å²) in [6.45, 7) is 1.68. The van der Waals surface area contributed by atoms with E-state index in [2.05, 4.69) is 15.3 Å². The van der Waals surface area contributed by atoms with Crippen molar-refractivity contribution in [2.45, 2.75) is 18.9 Å². The second-order valence-electron chi connectivity index (χ2n) is 4.67. The quantitative estimate of drug-likeness (QED) is 0.912. The van der Waals surface area contributed by atoms with Crippen LogP contribution < -0.4 is 5.32 Å². The summed E-state index contributed by atoms with van der Waals surface area (Å²) in [5.41, 5.74) is 1.98. The van der Waals surface area contributed by atoms with Gasteiger partial charge in [-0.15, -0.1) is 0 Å². The number of anilines is 1. The molecule has 0 unspecified atom stereocenters. The lowest BCUT2D eigenvalue weighted by Crippen LogP contribution is -2.18. The highest BCUT2D eigenvalue weighted by molar-refractivity contribution is 5.58. The predicted octanol–water partition coefficient (Wildman–Crippen LogP) is 2.73. The minimum absolute atomic E-state index is 0.315. The molecular formula is C15H17N3O. The molecule has 19 heavy (non-hydrogen) atoms. The Morgan fingerprint density at radius 3 is 2.74 bits per heavy atom. The first kappa shape index (κ1) is 12.1. The van der Waals surface area contributed by atoms with Crippen molar-refractivity contribution >= 4 is 5.82 Å². The third kappa shape index (κ3) is 3.09. The summed E-state index contributed by atoms with van der Waals surface area (Å²) in [5.74, 6) is 0.801. The Balaban J connectivity index is 1.62. The number of benzene rings is 1. The summed E-state index contributed by atoms with van der Waals surface area (Å²) in [6.07, 6.45) is 6.17. The van der Waals surface area contributed by atoms with Crippen molar-refractivity contribution < 1.29 is 4.74 Å². The SMILES string of the molecule is c1ccc(-c2cnc(NC[C@@H]3CCCO3)cn2)cc1. The minimum atomic E-state index is 0.315. The van der Waals surface area contributed by atoms with Crippen LogP contribution >= 0.6 is 0 Å². The van der Waals surface area contributed by atoms with Crippen LogP contribution in [0.25, 0.3) is 11.3 Å². The lowest BCUT2D eigenvalue weighted by atomic mass is 10.2. The number of rotatable bonds is 4. The van der Waals surface area contributed by atoms with Gasteiger partial charge in [-0.1, -0.05) is 30.3 Å². The topological polar surface area (TPSA) is 47.0 Å². The molecular weight excluding hydrogens is 238 g/mol. The van der Waals surface area contributed by atoms with E-state index in [0.717, 1.165) is 43.1 Å². The average molecular weight is 255 g/mol. The van der Waals surface area contributed by atoms with Gasteiger partial charge in [0.1, 0.15) is 5.82 Å². The highest BCUT2D eigenvalue weighted by atomic mass is 16.5. The Morgan fingerprint density at radius 1 is 1.16 bits per heavy atom. The molecule has 0 aliphatic carbocycles. The van der Waals surface area contributed by atoms with Gasteiger partial charge in [-0.05, 0) is 12.8 Å². The van der Waals surface area contributed by atoms with E-state index in [1.807, 2.05) is 30.3 Å². The molecule has 1 fully saturated rings. The molecule has 1 aromatic heterocycles. The highest BCUT2D eigenvalue weighted by Crippen LogP contribution is 2.16. The van der Waals surface area contributed by atoms with E-state index in [4.69, 9.17) is 4.74 Å². The summed E-state index contributed by atoms with van der Waals surface area (Å²) in [7, 11) is 0. The van der Waals surface area contributed by atoms with E-state index in [1.165, 1.54) is 0 Å². The monoisotopic (exact) mass is 255 g/mol. The molecule has 0 saturated carbocycles. The summed E-state index contributed by atoms with van der Waals surface area (Å²) in [4.78, 5) is 8.82. The van der Waals surface area contributed by atoms with Crippen molar-refractivity contribution in [1.82, 2.24) is 9.97 Å². The molecule has 1 aromatic carbocycles. The Kier molecular flexibility index (Phi) is 3.70. The van der Waals surface area contributed by atoms with Gasteiger partial charge in [-0.3, -0.25) is 4.98 Å². The van der Waals surface area contributed by atoms with Gasteiger partial charge in [0.2, 0.25) is 0 Å². The third-order valence-corrected chi connectivity index (χ3v) is 3.26. The van der Waals surface area contributed by atoms with Gasteiger partial charge in [0.15, 0.2) is 0 Å². The average Bonchev–Trinajstić information content (AvgIpc) is 3.00. The van der Waals surface area contributed by atoms with Gasteiger partial charge in [-0.25, -0.2) is 4.98 Å². The Bertz CT molecular complexity index is 507. The zero-order valence-corrected chi connectivity index (χ0v) is 10.7. The molecule has 1 N–H and O–H groups in total. The second kappa shape index (κ2) is 5.80. The van der Waals surface area contributed by atoms with Gasteiger partial charge < -0.3 is 10.1 Å². The fourth-order valence-corrected chi connectivity index (χ4v) is 2.20. The minimum Gasteiger partial charge on any atom is -0.376 e. The van der Waals surface area contributed by atoms with Gasteiger partial charge in [-0.2, -0.15) is 0 Å². The van der Waals surface area contributed by atoms with Crippen LogP contribution in [0.1, 0.15) is 12.8 Å². The number of nitrogens with zero attached hydrogens (tertiary/aromatic N) is 2. The summed E-state index contributed by atoms with van der Waals surface area (Å²) >= 11 is 0. The fraction of sp³-hybridized carbons (Fsp3) is 0.333. The summed E-state index contributed by atoms with van der Waals surface area (Å²) < 4.78 is 5.56. The molecule has 2 heterocycles. The van der Waals surface area contributed by atoms with Crippen LogP contribution in [0.4, 0.5) is 5.82 Å². The van der Waals surface area contributed by atoms with Crippen molar-refractivity contribution in [2.75, 3.05) is 18.5 Å². The second-order valence-corrected chi connectivity index (χ2v) is 4.67. The van der Waals surface area contributed by atoms with Crippen molar-refractivity contribution in [2.24, 2.45) is 0 Å². The van der Waals surface area contributed by atoms with Crippen LogP contribution in [0, 0.1) is 0 Å². The fourth-order valence-electron chi connectivity index (χ4n) is 2.20. The van der Waals surface area contributed by atoms with E-state index >= 15 is 0 Å². The predicted molar refractivity (Wildman–Crippen MR) is 74.9 cm³/mol. The maximum absolute atomic E-state index is 5.56.